The number of unbranched alkanes of at least 4 members (excludes halogenated alkanes) is 1. The van der Waals surface area contributed by atoms with Crippen molar-refractivity contribution in [1.29, 1.82) is 0 Å². The van der Waals surface area contributed by atoms with Gasteiger partial charge in [-0.2, -0.15) is 0 Å². The number of carbonyl (C=O) groups is 1. The van der Waals surface area contributed by atoms with Crippen molar-refractivity contribution in [3.8, 4) is 0 Å². The average Bonchev–Trinajstić information content (AvgIpc) is 2.39. The lowest BCUT2D eigenvalue weighted by atomic mass is 9.79. The van der Waals surface area contributed by atoms with Crippen LogP contribution in [0.25, 0.3) is 0 Å². The number of ketones is 1. The molecule has 2 nitrogen and oxygen atoms in total. The number of Topliss-reactive ketones (excluding diaryl/α,β-unsaturated/α-hetero) is 1. The molecular formula is C12H22O2. The van der Waals surface area contributed by atoms with Gasteiger partial charge in [0.05, 0.1) is 6.61 Å². The van der Waals surface area contributed by atoms with Crippen molar-refractivity contribution in [2.24, 2.45) is 5.41 Å². The van der Waals surface area contributed by atoms with Gasteiger partial charge in [0, 0.05) is 5.41 Å². The topological polar surface area (TPSA) is 26.3 Å². The second-order valence-corrected chi connectivity index (χ2v) is 4.95. The molecule has 1 aliphatic heterocycles. The van der Waals surface area contributed by atoms with Crippen LogP contribution in [-0.4, -0.2) is 18.0 Å². The maximum atomic E-state index is 12.2. The van der Waals surface area contributed by atoms with Crippen LogP contribution in [0.5, 0.6) is 0 Å². The molecular weight excluding hydrogens is 176 g/mol. The van der Waals surface area contributed by atoms with Gasteiger partial charge in [0.25, 0.3) is 0 Å². The normalized spacial score (nSPS) is 31.0. The van der Waals surface area contributed by atoms with Crippen LogP contribution >= 0.6 is 0 Å². The first-order valence-electron chi connectivity index (χ1n) is 5.67. The summed E-state index contributed by atoms with van der Waals surface area (Å²) in [5, 5.41) is 0. The van der Waals surface area contributed by atoms with E-state index in [1.165, 1.54) is 0 Å². The molecule has 0 aromatic rings. The molecule has 1 saturated heterocycles. The number of rotatable bonds is 4. The highest BCUT2D eigenvalue weighted by molar-refractivity contribution is 5.93. The summed E-state index contributed by atoms with van der Waals surface area (Å²) < 4.78 is 5.77. The molecule has 2 heteroatoms. The van der Waals surface area contributed by atoms with Crippen LogP contribution in [0.15, 0.2) is 0 Å². The van der Waals surface area contributed by atoms with Crippen LogP contribution in [0.4, 0.5) is 0 Å². The lowest BCUT2D eigenvalue weighted by Crippen LogP contribution is -2.39. The van der Waals surface area contributed by atoms with Crippen LogP contribution in [0, 0.1) is 5.41 Å². The van der Waals surface area contributed by atoms with Gasteiger partial charge >= 0.3 is 0 Å². The van der Waals surface area contributed by atoms with Crippen LogP contribution in [0.2, 0.25) is 0 Å². The molecule has 0 N–H and O–H groups in total. The first-order valence-corrected chi connectivity index (χ1v) is 5.67. The molecule has 0 radical (unpaired) electrons. The fourth-order valence-corrected chi connectivity index (χ4v) is 2.15. The number of hydrogen-bond donors (Lipinski definition) is 0. The maximum Gasteiger partial charge on any atom is 0.172 e. The van der Waals surface area contributed by atoms with Crippen molar-refractivity contribution in [2.45, 2.75) is 59.0 Å². The quantitative estimate of drug-likeness (QED) is 0.694. The van der Waals surface area contributed by atoms with Crippen molar-refractivity contribution < 1.29 is 9.53 Å². The SMILES string of the molecule is CCCCC1(CC)OCC(C)(C)C1=O. The zero-order valence-electron chi connectivity index (χ0n) is 9.85. The lowest BCUT2D eigenvalue weighted by molar-refractivity contribution is -0.135. The van der Waals surface area contributed by atoms with E-state index in [9.17, 15) is 4.79 Å². The monoisotopic (exact) mass is 198 g/mol. The fraction of sp³-hybridized carbons (Fsp3) is 0.917. The second-order valence-electron chi connectivity index (χ2n) is 4.95. The standard InChI is InChI=1S/C12H22O2/c1-5-7-8-12(6-2)10(13)11(3,4)9-14-12/h5-9H2,1-4H3. The Balaban J connectivity index is 2.76. The molecule has 1 heterocycles. The summed E-state index contributed by atoms with van der Waals surface area (Å²) >= 11 is 0. The number of hydrogen-bond acceptors (Lipinski definition) is 2. The first-order chi connectivity index (χ1) is 6.48. The number of ether oxygens (including phenoxy) is 1. The van der Waals surface area contributed by atoms with Crippen molar-refractivity contribution >= 4 is 5.78 Å². The molecule has 82 valence electrons. The van der Waals surface area contributed by atoms with E-state index in [1.807, 2.05) is 13.8 Å². The van der Waals surface area contributed by atoms with Crippen LogP contribution in [0.3, 0.4) is 0 Å². The Morgan fingerprint density at radius 2 is 2.00 bits per heavy atom. The molecule has 0 saturated carbocycles. The Morgan fingerprint density at radius 1 is 1.36 bits per heavy atom. The van der Waals surface area contributed by atoms with Gasteiger partial charge in [0.2, 0.25) is 0 Å². The smallest absolute Gasteiger partial charge is 0.172 e. The van der Waals surface area contributed by atoms with Gasteiger partial charge in [0.1, 0.15) is 5.60 Å². The van der Waals surface area contributed by atoms with E-state index in [4.69, 9.17) is 4.74 Å². The lowest BCUT2D eigenvalue weighted by Gasteiger charge is -2.26. The minimum atomic E-state index is -0.459. The highest BCUT2D eigenvalue weighted by Crippen LogP contribution is 2.40. The molecule has 14 heavy (non-hydrogen) atoms. The molecule has 1 aliphatic rings. The third-order valence-corrected chi connectivity index (χ3v) is 3.24. The third-order valence-electron chi connectivity index (χ3n) is 3.24. The fourth-order valence-electron chi connectivity index (χ4n) is 2.15. The van der Waals surface area contributed by atoms with E-state index in [0.29, 0.717) is 12.4 Å². The zero-order valence-corrected chi connectivity index (χ0v) is 9.85. The summed E-state index contributed by atoms with van der Waals surface area (Å²) in [7, 11) is 0. The summed E-state index contributed by atoms with van der Waals surface area (Å²) in [6.45, 7) is 8.75. The van der Waals surface area contributed by atoms with E-state index >= 15 is 0 Å². The Labute approximate surface area is 87.0 Å². The van der Waals surface area contributed by atoms with Crippen LogP contribution in [-0.2, 0) is 9.53 Å². The number of carbonyl (C=O) groups excluding carboxylic acids is 1. The van der Waals surface area contributed by atoms with E-state index < -0.39 is 5.60 Å². The van der Waals surface area contributed by atoms with Crippen molar-refractivity contribution in [1.82, 2.24) is 0 Å². The molecule has 0 spiro atoms. The highest BCUT2D eigenvalue weighted by Gasteiger charge is 2.51. The van der Waals surface area contributed by atoms with E-state index in [2.05, 4.69) is 13.8 Å². The second kappa shape index (κ2) is 4.01. The van der Waals surface area contributed by atoms with Gasteiger partial charge in [-0.25, -0.2) is 0 Å². The summed E-state index contributed by atoms with van der Waals surface area (Å²) in [4.78, 5) is 12.2. The minimum Gasteiger partial charge on any atom is -0.366 e. The predicted molar refractivity (Wildman–Crippen MR) is 57.3 cm³/mol. The molecule has 0 aromatic heterocycles. The highest BCUT2D eigenvalue weighted by atomic mass is 16.5. The van der Waals surface area contributed by atoms with Gasteiger partial charge < -0.3 is 4.74 Å². The van der Waals surface area contributed by atoms with Crippen LogP contribution in [0.1, 0.15) is 53.4 Å². The third kappa shape index (κ3) is 1.85. The van der Waals surface area contributed by atoms with Crippen molar-refractivity contribution in [3.63, 3.8) is 0 Å². The Bertz CT molecular complexity index is 220. The molecule has 1 rings (SSSR count). The van der Waals surface area contributed by atoms with Crippen molar-refractivity contribution in [2.75, 3.05) is 6.61 Å². The predicted octanol–water partition coefficient (Wildman–Crippen LogP) is 2.95. The van der Waals surface area contributed by atoms with Gasteiger partial charge in [-0.3, -0.25) is 4.79 Å². The molecule has 1 atom stereocenters. The van der Waals surface area contributed by atoms with Crippen molar-refractivity contribution in [3.05, 3.63) is 0 Å². The van der Waals surface area contributed by atoms with Gasteiger partial charge in [-0.05, 0) is 12.8 Å². The first kappa shape index (κ1) is 11.7. The average molecular weight is 198 g/mol. The molecule has 1 fully saturated rings. The summed E-state index contributed by atoms with van der Waals surface area (Å²) in [5.74, 6) is 0.306. The van der Waals surface area contributed by atoms with E-state index in [0.717, 1.165) is 25.7 Å². The Kier molecular flexibility index (Phi) is 3.36. The maximum absolute atomic E-state index is 12.2. The minimum absolute atomic E-state index is 0.274. The Morgan fingerprint density at radius 3 is 2.36 bits per heavy atom. The van der Waals surface area contributed by atoms with Gasteiger partial charge in [-0.15, -0.1) is 0 Å². The van der Waals surface area contributed by atoms with Crippen LogP contribution < -0.4 is 0 Å². The molecule has 0 aliphatic carbocycles. The van der Waals surface area contributed by atoms with E-state index in [-0.39, 0.29) is 5.41 Å². The van der Waals surface area contributed by atoms with E-state index in [1.54, 1.807) is 0 Å². The molecule has 0 bridgehead atoms. The van der Waals surface area contributed by atoms with Gasteiger partial charge in [0.15, 0.2) is 5.78 Å². The summed E-state index contributed by atoms with van der Waals surface area (Å²) in [6.07, 6.45) is 3.91. The summed E-state index contributed by atoms with van der Waals surface area (Å²) in [5.41, 5.74) is -0.733. The largest absolute Gasteiger partial charge is 0.366 e. The Hall–Kier alpha value is -0.370. The molecule has 0 amide bonds. The van der Waals surface area contributed by atoms with Gasteiger partial charge in [-0.1, -0.05) is 40.5 Å². The molecule has 0 aromatic carbocycles. The zero-order chi connectivity index (χ0) is 10.8. The molecule has 1 unspecified atom stereocenters. The summed E-state index contributed by atoms with van der Waals surface area (Å²) in [6, 6.07) is 0.